The Labute approximate surface area is 164 Å². The second kappa shape index (κ2) is 11.3. The van der Waals surface area contributed by atoms with Crippen molar-refractivity contribution in [3.63, 3.8) is 0 Å². The Kier molecular flexibility index (Phi) is 9.08. The zero-order valence-electron chi connectivity index (χ0n) is 17.3. The Bertz CT molecular complexity index is 553. The number of ether oxygens (including phenoxy) is 2. The smallest absolute Gasteiger partial charge is 0.256 e. The number of benzene rings is 1. The monoisotopic (exact) mass is 376 g/mol. The minimum Gasteiger partial charge on any atom is -0.492 e. The van der Waals surface area contributed by atoms with Crippen LogP contribution in [0.15, 0.2) is 24.3 Å². The molecule has 1 amide bonds. The first-order valence-corrected chi connectivity index (χ1v) is 10.5. The van der Waals surface area contributed by atoms with Crippen molar-refractivity contribution in [3.8, 4) is 5.75 Å². The van der Waals surface area contributed by atoms with Crippen molar-refractivity contribution in [1.29, 1.82) is 0 Å². The number of anilines is 1. The van der Waals surface area contributed by atoms with Crippen molar-refractivity contribution in [3.05, 3.63) is 24.3 Å². The summed E-state index contributed by atoms with van der Waals surface area (Å²) in [5, 5.41) is 2.96. The summed E-state index contributed by atoms with van der Waals surface area (Å²) in [7, 11) is 0. The summed E-state index contributed by atoms with van der Waals surface area (Å²) in [6.07, 6.45) is 6.83. The van der Waals surface area contributed by atoms with E-state index >= 15 is 0 Å². The molecular formula is C22H36N2O3. The lowest BCUT2D eigenvalue weighted by Gasteiger charge is -2.27. The van der Waals surface area contributed by atoms with Crippen LogP contribution in [-0.2, 0) is 9.53 Å². The number of rotatable bonds is 10. The predicted molar refractivity (Wildman–Crippen MR) is 110 cm³/mol. The van der Waals surface area contributed by atoms with Gasteiger partial charge in [-0.3, -0.25) is 9.69 Å². The van der Waals surface area contributed by atoms with Gasteiger partial charge in [0.2, 0.25) is 0 Å². The van der Waals surface area contributed by atoms with E-state index < -0.39 is 5.60 Å². The fourth-order valence-electron chi connectivity index (χ4n) is 3.21. The Morgan fingerprint density at radius 2 is 1.74 bits per heavy atom. The van der Waals surface area contributed by atoms with E-state index in [1.807, 2.05) is 45.0 Å². The summed E-state index contributed by atoms with van der Waals surface area (Å²) in [5.74, 6) is 0.733. The maximum absolute atomic E-state index is 12.6. The number of carbonyl (C=O) groups excluding carboxylic acids is 1. The molecule has 5 nitrogen and oxygen atoms in total. The van der Waals surface area contributed by atoms with Crippen LogP contribution in [0.5, 0.6) is 5.75 Å². The molecule has 1 aromatic rings. The SMILES string of the molecule is CCCOC(C)(CC)C(=O)Nc1ccc(OCCN2CCCCCC2)cc1. The number of nitrogens with one attached hydrogen (secondary N) is 1. The third kappa shape index (κ3) is 7.15. The lowest BCUT2D eigenvalue weighted by molar-refractivity contribution is -0.139. The molecule has 1 aliphatic rings. The lowest BCUT2D eigenvalue weighted by Crippen LogP contribution is -2.42. The van der Waals surface area contributed by atoms with E-state index in [9.17, 15) is 4.79 Å². The molecule has 1 unspecified atom stereocenters. The molecule has 1 heterocycles. The van der Waals surface area contributed by atoms with Crippen molar-refractivity contribution in [2.45, 2.75) is 64.9 Å². The average Bonchev–Trinajstić information content (AvgIpc) is 2.96. The summed E-state index contributed by atoms with van der Waals surface area (Å²) in [5.41, 5.74) is -0.0298. The van der Waals surface area contributed by atoms with Crippen LogP contribution in [0.25, 0.3) is 0 Å². The second-order valence-corrected chi connectivity index (χ2v) is 7.52. The topological polar surface area (TPSA) is 50.8 Å². The van der Waals surface area contributed by atoms with Gasteiger partial charge in [-0.1, -0.05) is 26.7 Å². The number of amides is 1. The molecular weight excluding hydrogens is 340 g/mol. The van der Waals surface area contributed by atoms with Crippen molar-refractivity contribution < 1.29 is 14.3 Å². The molecule has 1 N–H and O–H groups in total. The highest BCUT2D eigenvalue weighted by molar-refractivity contribution is 5.97. The molecule has 1 aliphatic heterocycles. The zero-order valence-corrected chi connectivity index (χ0v) is 17.3. The van der Waals surface area contributed by atoms with Gasteiger partial charge in [0, 0.05) is 18.8 Å². The minimum atomic E-state index is -0.793. The van der Waals surface area contributed by atoms with Gasteiger partial charge in [0.25, 0.3) is 5.91 Å². The highest BCUT2D eigenvalue weighted by atomic mass is 16.5. The van der Waals surface area contributed by atoms with E-state index in [1.165, 1.54) is 38.8 Å². The molecule has 152 valence electrons. The number of nitrogens with zero attached hydrogens (tertiary/aromatic N) is 1. The highest BCUT2D eigenvalue weighted by Gasteiger charge is 2.32. The standard InChI is InChI=1S/C22H36N2O3/c1-4-17-27-22(3,5-2)21(25)23-19-10-12-20(13-11-19)26-18-16-24-14-8-6-7-9-15-24/h10-13H,4-9,14-18H2,1-3H3,(H,23,25). The molecule has 0 aromatic heterocycles. The quantitative estimate of drug-likeness (QED) is 0.654. The normalized spacial score (nSPS) is 17.7. The molecule has 0 saturated carbocycles. The van der Waals surface area contributed by atoms with Crippen molar-refractivity contribution in [1.82, 2.24) is 4.90 Å². The van der Waals surface area contributed by atoms with Crippen molar-refractivity contribution in [2.75, 3.05) is 38.2 Å². The fourth-order valence-corrected chi connectivity index (χ4v) is 3.21. The molecule has 0 bridgehead atoms. The number of carbonyl (C=O) groups is 1. The highest BCUT2D eigenvalue weighted by Crippen LogP contribution is 2.21. The molecule has 27 heavy (non-hydrogen) atoms. The summed E-state index contributed by atoms with van der Waals surface area (Å²) in [6.45, 7) is 10.5. The summed E-state index contributed by atoms with van der Waals surface area (Å²) >= 11 is 0. The van der Waals surface area contributed by atoms with Gasteiger partial charge < -0.3 is 14.8 Å². The van der Waals surface area contributed by atoms with Crippen LogP contribution in [0, 0.1) is 0 Å². The summed E-state index contributed by atoms with van der Waals surface area (Å²) in [4.78, 5) is 15.0. The Balaban J connectivity index is 1.79. The van der Waals surface area contributed by atoms with E-state index in [1.54, 1.807) is 0 Å². The zero-order chi connectivity index (χ0) is 19.5. The van der Waals surface area contributed by atoms with Gasteiger partial charge in [-0.25, -0.2) is 0 Å². The lowest BCUT2D eigenvalue weighted by atomic mass is 10.0. The van der Waals surface area contributed by atoms with E-state index in [2.05, 4.69) is 10.2 Å². The van der Waals surface area contributed by atoms with Gasteiger partial charge >= 0.3 is 0 Å². The van der Waals surface area contributed by atoms with Gasteiger partial charge in [0.15, 0.2) is 0 Å². The first kappa shape index (κ1) is 21.7. The molecule has 0 radical (unpaired) electrons. The van der Waals surface area contributed by atoms with Crippen LogP contribution < -0.4 is 10.1 Å². The first-order valence-electron chi connectivity index (χ1n) is 10.5. The van der Waals surface area contributed by atoms with Gasteiger partial charge in [-0.2, -0.15) is 0 Å². The molecule has 1 fully saturated rings. The average molecular weight is 377 g/mol. The predicted octanol–water partition coefficient (Wildman–Crippen LogP) is 4.48. The van der Waals surface area contributed by atoms with Crippen molar-refractivity contribution >= 4 is 11.6 Å². The van der Waals surface area contributed by atoms with E-state index in [0.29, 0.717) is 19.6 Å². The van der Waals surface area contributed by atoms with Crippen LogP contribution in [-0.4, -0.2) is 49.3 Å². The fraction of sp³-hybridized carbons (Fsp3) is 0.682. The molecule has 1 aromatic carbocycles. The largest absolute Gasteiger partial charge is 0.492 e. The van der Waals surface area contributed by atoms with Crippen LogP contribution >= 0.6 is 0 Å². The van der Waals surface area contributed by atoms with Crippen LogP contribution in [0.4, 0.5) is 5.69 Å². The van der Waals surface area contributed by atoms with Gasteiger partial charge in [-0.15, -0.1) is 0 Å². The number of hydrogen-bond acceptors (Lipinski definition) is 4. The van der Waals surface area contributed by atoms with Crippen LogP contribution in [0.2, 0.25) is 0 Å². The van der Waals surface area contributed by atoms with E-state index in [0.717, 1.165) is 24.4 Å². The molecule has 2 rings (SSSR count). The third-order valence-electron chi connectivity index (χ3n) is 5.27. The minimum absolute atomic E-state index is 0.103. The van der Waals surface area contributed by atoms with Crippen molar-refractivity contribution in [2.24, 2.45) is 0 Å². The number of hydrogen-bond donors (Lipinski definition) is 1. The first-order chi connectivity index (χ1) is 13.1. The second-order valence-electron chi connectivity index (χ2n) is 7.52. The molecule has 1 saturated heterocycles. The van der Waals surface area contributed by atoms with Crippen LogP contribution in [0.3, 0.4) is 0 Å². The van der Waals surface area contributed by atoms with E-state index in [4.69, 9.17) is 9.47 Å². The van der Waals surface area contributed by atoms with Gasteiger partial charge in [-0.05, 0) is 70.0 Å². The summed E-state index contributed by atoms with van der Waals surface area (Å²) < 4.78 is 11.6. The van der Waals surface area contributed by atoms with Gasteiger partial charge in [0.05, 0.1) is 0 Å². The Hall–Kier alpha value is -1.59. The molecule has 5 heteroatoms. The molecule has 0 spiro atoms. The van der Waals surface area contributed by atoms with E-state index in [-0.39, 0.29) is 5.91 Å². The van der Waals surface area contributed by atoms with Crippen LogP contribution in [0.1, 0.15) is 59.3 Å². The maximum Gasteiger partial charge on any atom is 0.256 e. The maximum atomic E-state index is 12.6. The van der Waals surface area contributed by atoms with Gasteiger partial charge in [0.1, 0.15) is 18.0 Å². The Morgan fingerprint density at radius 1 is 1.07 bits per heavy atom. The summed E-state index contributed by atoms with van der Waals surface area (Å²) in [6, 6.07) is 7.59. The Morgan fingerprint density at radius 3 is 2.33 bits per heavy atom. The molecule has 1 atom stereocenters. The molecule has 0 aliphatic carbocycles. The third-order valence-corrected chi connectivity index (χ3v) is 5.27. The number of likely N-dealkylation sites (tertiary alicyclic amines) is 1.